The average molecular weight is 615 g/mol. The largest absolute Gasteiger partial charge is 0.289 e. The minimum Gasteiger partial charge on any atom is -0.289 e. The Labute approximate surface area is 268 Å². The van der Waals surface area contributed by atoms with Gasteiger partial charge in [0.05, 0.1) is 26.7 Å². The van der Waals surface area contributed by atoms with Gasteiger partial charge in [0.2, 0.25) is 0 Å². The lowest BCUT2D eigenvalue weighted by molar-refractivity contribution is 0.108. The molecule has 42 heavy (non-hydrogen) atoms. The number of fused-ring (bicyclic) bond motifs is 4. The molecule has 0 atom stereocenters. The van der Waals surface area contributed by atoms with Gasteiger partial charge in [-0.2, -0.15) is 0 Å². The van der Waals surface area contributed by atoms with E-state index < -0.39 is 0 Å². The maximum atomic E-state index is 5.10. The smallest absolute Gasteiger partial charge is 0.0515 e. The highest BCUT2D eigenvalue weighted by Crippen LogP contribution is 2.32. The minimum atomic E-state index is 0.0729. The fourth-order valence-corrected chi connectivity index (χ4v) is 6.51. The Kier molecular flexibility index (Phi) is 12.1. The maximum absolute atomic E-state index is 5.10. The second-order valence-corrected chi connectivity index (χ2v) is 16.0. The second-order valence-electron chi connectivity index (χ2n) is 15.1. The van der Waals surface area contributed by atoms with Crippen LogP contribution in [0.15, 0.2) is 34.1 Å². The summed E-state index contributed by atoms with van der Waals surface area (Å²) in [6.07, 6.45) is 0. The zero-order valence-electron chi connectivity index (χ0n) is 28.5. The van der Waals surface area contributed by atoms with Gasteiger partial charge in [-0.25, -0.2) is 0 Å². The summed E-state index contributed by atoms with van der Waals surface area (Å²) in [6, 6.07) is 9.48. The molecule has 0 fully saturated rings. The molecule has 6 nitrogen and oxygen atoms in total. The highest BCUT2D eigenvalue weighted by Gasteiger charge is 2.22. The first-order valence-corrected chi connectivity index (χ1v) is 16.0. The molecule has 0 saturated carbocycles. The van der Waals surface area contributed by atoms with Crippen LogP contribution >= 0.6 is 25.3 Å². The van der Waals surface area contributed by atoms with E-state index in [1.807, 2.05) is 0 Å². The van der Waals surface area contributed by atoms with E-state index >= 15 is 0 Å². The topological polar surface area (TPSA) is 19.4 Å². The van der Waals surface area contributed by atoms with Gasteiger partial charge in [-0.3, -0.25) is 29.4 Å². The first-order chi connectivity index (χ1) is 19.3. The van der Waals surface area contributed by atoms with Crippen LogP contribution in [-0.2, 0) is 37.0 Å². The summed E-state index contributed by atoms with van der Waals surface area (Å²) in [5, 5.41) is 0. The Morgan fingerprint density at radius 3 is 0.833 bits per heavy atom. The molecule has 8 heteroatoms. The third-order valence-electron chi connectivity index (χ3n) is 7.96. The molecule has 1 heterocycles. The molecule has 0 saturated heterocycles. The van der Waals surface area contributed by atoms with Gasteiger partial charge in [0.15, 0.2) is 0 Å². The van der Waals surface area contributed by atoms with E-state index in [4.69, 9.17) is 25.3 Å². The Hall–Kier alpha value is -1.10. The quantitative estimate of drug-likeness (QED) is 0.353. The molecule has 236 valence electrons. The summed E-state index contributed by atoms with van der Waals surface area (Å²) in [6.45, 7) is 20.7. The van der Waals surface area contributed by atoms with Gasteiger partial charge in [-0.05, 0) is 86.5 Å². The SMILES string of the molecule is CN1Cc2cc(C(C)(C)C)cc(c2S)CN(C)CN(C)CN(C)Cc2cc(C(C)(C)C)cc(c2S)CN(C)CN(C)C1. The summed E-state index contributed by atoms with van der Waals surface area (Å²) >= 11 is 10.2. The summed E-state index contributed by atoms with van der Waals surface area (Å²) in [5.74, 6) is 0. The lowest BCUT2D eigenvalue weighted by atomic mass is 9.85. The average Bonchev–Trinajstić information content (AvgIpc) is 2.81. The third-order valence-corrected chi connectivity index (χ3v) is 9.11. The minimum absolute atomic E-state index is 0.0729. The van der Waals surface area contributed by atoms with Crippen molar-refractivity contribution in [3.05, 3.63) is 57.6 Å². The standard InChI is InChI=1S/C34H58N6S2/c1-33(2,3)29-13-25-17-35(7)21-39(11)23-37(9)19-27-15-30(34(4,5)6)16-28(32(27)42)20-38(10)24-40(12)22-36(8)18-26(14-29)31(25)41/h13-16,41-42H,17-24H2,1-12H3. The molecule has 3 rings (SSSR count). The molecule has 0 aliphatic carbocycles. The van der Waals surface area contributed by atoms with Gasteiger partial charge in [-0.1, -0.05) is 65.8 Å². The Balaban J connectivity index is 1.99. The van der Waals surface area contributed by atoms with Crippen LogP contribution in [0.25, 0.3) is 0 Å². The van der Waals surface area contributed by atoms with Crippen LogP contribution in [0.4, 0.5) is 0 Å². The summed E-state index contributed by atoms with van der Waals surface area (Å²) in [4.78, 5) is 16.6. The zero-order valence-corrected chi connectivity index (χ0v) is 30.3. The number of rotatable bonds is 0. The van der Waals surface area contributed by atoms with E-state index in [-0.39, 0.29) is 10.8 Å². The zero-order chi connectivity index (χ0) is 31.6. The van der Waals surface area contributed by atoms with Gasteiger partial charge < -0.3 is 0 Å². The summed E-state index contributed by atoms with van der Waals surface area (Å²) in [5.41, 5.74) is 8.08. The highest BCUT2D eigenvalue weighted by atomic mass is 32.1. The van der Waals surface area contributed by atoms with Gasteiger partial charge in [0, 0.05) is 36.0 Å². The molecule has 1 aliphatic heterocycles. The third kappa shape index (κ3) is 9.96. The Bertz CT molecular complexity index is 1040. The molecule has 2 aromatic carbocycles. The van der Waals surface area contributed by atoms with E-state index in [2.05, 4.69) is 137 Å². The van der Waals surface area contributed by atoms with E-state index in [1.165, 1.54) is 33.4 Å². The van der Waals surface area contributed by atoms with Gasteiger partial charge >= 0.3 is 0 Å². The maximum Gasteiger partial charge on any atom is 0.0515 e. The van der Waals surface area contributed by atoms with E-state index in [9.17, 15) is 0 Å². The van der Waals surface area contributed by atoms with Crippen molar-refractivity contribution in [2.75, 3.05) is 69.0 Å². The van der Waals surface area contributed by atoms with Crippen molar-refractivity contribution in [3.8, 4) is 0 Å². The van der Waals surface area contributed by atoms with Crippen molar-refractivity contribution in [1.82, 2.24) is 29.4 Å². The van der Waals surface area contributed by atoms with Gasteiger partial charge in [0.25, 0.3) is 0 Å². The lowest BCUT2D eigenvalue weighted by Gasteiger charge is -2.32. The van der Waals surface area contributed by atoms with Crippen LogP contribution in [0.1, 0.15) is 74.9 Å². The number of nitrogens with zero attached hydrogens (tertiary/aromatic N) is 6. The Morgan fingerprint density at radius 1 is 0.429 bits per heavy atom. The molecular weight excluding hydrogens is 557 g/mol. The summed E-state index contributed by atoms with van der Waals surface area (Å²) in [7, 11) is 13.2. The predicted molar refractivity (Wildman–Crippen MR) is 186 cm³/mol. The van der Waals surface area contributed by atoms with Crippen LogP contribution in [0.5, 0.6) is 0 Å². The highest BCUT2D eigenvalue weighted by molar-refractivity contribution is 7.80. The van der Waals surface area contributed by atoms with Crippen molar-refractivity contribution in [3.63, 3.8) is 0 Å². The number of thiol groups is 2. The van der Waals surface area contributed by atoms with Crippen LogP contribution in [0, 0.1) is 0 Å². The first-order valence-electron chi connectivity index (χ1n) is 15.1. The first kappa shape index (κ1) is 35.4. The van der Waals surface area contributed by atoms with E-state index in [0.717, 1.165) is 62.6 Å². The molecule has 0 N–H and O–H groups in total. The van der Waals surface area contributed by atoms with Crippen LogP contribution in [0.2, 0.25) is 0 Å². The monoisotopic (exact) mass is 614 g/mol. The number of hydrogen-bond donors (Lipinski definition) is 2. The molecule has 4 bridgehead atoms. The van der Waals surface area contributed by atoms with E-state index in [1.54, 1.807) is 0 Å². The fourth-order valence-electron chi connectivity index (χ4n) is 5.97. The molecule has 0 unspecified atom stereocenters. The number of benzene rings is 2. The molecule has 2 aromatic rings. The van der Waals surface area contributed by atoms with Crippen molar-refractivity contribution in [1.29, 1.82) is 0 Å². The van der Waals surface area contributed by atoms with Crippen molar-refractivity contribution in [2.45, 2.75) is 88.3 Å². The van der Waals surface area contributed by atoms with Crippen molar-refractivity contribution in [2.24, 2.45) is 0 Å². The Morgan fingerprint density at radius 2 is 0.643 bits per heavy atom. The molecule has 0 aromatic heterocycles. The van der Waals surface area contributed by atoms with Gasteiger partial charge in [-0.15, -0.1) is 25.3 Å². The molecular formula is C34H58N6S2. The number of hydrogen-bond acceptors (Lipinski definition) is 8. The van der Waals surface area contributed by atoms with Crippen LogP contribution in [0.3, 0.4) is 0 Å². The molecule has 0 amide bonds. The normalized spacial score (nSPS) is 19.8. The van der Waals surface area contributed by atoms with Crippen LogP contribution < -0.4 is 0 Å². The summed E-state index contributed by atoms with van der Waals surface area (Å²) < 4.78 is 0. The molecule has 1 aliphatic rings. The molecule has 0 radical (unpaired) electrons. The van der Waals surface area contributed by atoms with Gasteiger partial charge in [0.1, 0.15) is 0 Å². The van der Waals surface area contributed by atoms with Crippen molar-refractivity contribution >= 4 is 25.3 Å². The lowest BCUT2D eigenvalue weighted by Crippen LogP contribution is -2.40. The second kappa shape index (κ2) is 14.3. The predicted octanol–water partition coefficient (Wildman–Crippen LogP) is 5.99. The van der Waals surface area contributed by atoms with Crippen LogP contribution in [-0.4, -0.2) is 98.4 Å². The van der Waals surface area contributed by atoms with Crippen molar-refractivity contribution < 1.29 is 0 Å². The fraction of sp³-hybridized carbons (Fsp3) is 0.647. The molecule has 0 spiro atoms. The van der Waals surface area contributed by atoms with E-state index in [0.29, 0.717) is 0 Å².